The van der Waals surface area contributed by atoms with E-state index in [1.807, 2.05) is 36.4 Å². The summed E-state index contributed by atoms with van der Waals surface area (Å²) in [4.78, 5) is 7.20. The molecule has 19 aromatic carbocycles. The Morgan fingerprint density at radius 1 is 0.206 bits per heavy atom. The molecule has 26 aromatic rings. The molecule has 0 saturated carbocycles. The Morgan fingerprint density at radius 3 is 0.952 bits per heavy atom. The van der Waals surface area contributed by atoms with Gasteiger partial charge in [-0.25, -0.2) is 9.69 Å². The Kier molecular flexibility index (Phi) is 17.3. The average molecular weight is 1610 g/mol. The smallest absolute Gasteiger partial charge is 0.189 e. The fraction of sp³-hybridized carbons (Fsp3) is 0.0431. The lowest BCUT2D eigenvalue weighted by Gasteiger charge is -2.12. The van der Waals surface area contributed by atoms with Gasteiger partial charge in [0, 0.05) is 154 Å². The van der Waals surface area contributed by atoms with E-state index >= 15 is 0 Å². The largest absolute Gasteiger partial charge is 0.345 e. The van der Waals surface area contributed by atoms with E-state index in [0.717, 1.165) is 22.2 Å². The topological polar surface area (TPSA) is 67.0 Å². The van der Waals surface area contributed by atoms with Crippen LogP contribution in [-0.2, 0) is 28.2 Å². The molecule has 7 aromatic heterocycles. The lowest BCUT2D eigenvalue weighted by Crippen LogP contribution is -1.94. The second-order valence-corrected chi connectivity index (χ2v) is 33.1. The number of aromatic nitrogens is 7. The fourth-order valence-corrected chi connectivity index (χ4v) is 20.2. The SMILES string of the molecule is Cc1ccc2c3ccc(-n4c5ccccc5c5ccccc54)cc3n(C)c2c1.Cn1c2ccc(-c3ccc4c5ccccc5c5ccccc5c4c3)cc2c2ccc(C#N)cc21.[C-]#[N+]c1ccc2c3cc(-c4ccc5c(c4)c4ccccc4n5-c4ccccc4)ccc3n(C)c2c1.[C-]#[N+]c1ccc2c3cc(-n4c5ccccc5c5ccccc54)ccc3n(C)c2c1. The van der Waals surface area contributed by atoms with E-state index in [-0.39, 0.29) is 0 Å². The monoisotopic (exact) mass is 1610 g/mol. The predicted molar refractivity (Wildman–Crippen MR) is 530 cm³/mol. The summed E-state index contributed by atoms with van der Waals surface area (Å²) >= 11 is 0. The second-order valence-electron chi connectivity index (χ2n) is 33.1. The minimum absolute atomic E-state index is 0.670. The lowest BCUT2D eigenvalue weighted by molar-refractivity contribution is 1.01. The molecule has 0 saturated heterocycles. The molecule has 0 amide bonds. The summed E-state index contributed by atoms with van der Waals surface area (Å²) in [5.41, 5.74) is 28.3. The maximum Gasteiger partial charge on any atom is 0.189 e. The van der Waals surface area contributed by atoms with Gasteiger partial charge >= 0.3 is 0 Å². The van der Waals surface area contributed by atoms with Crippen molar-refractivity contribution in [3.05, 3.63) is 416 Å². The van der Waals surface area contributed by atoms with Gasteiger partial charge in [0.2, 0.25) is 0 Å². The molecule has 0 aliphatic carbocycles. The molecule has 0 atom stereocenters. The van der Waals surface area contributed by atoms with E-state index in [4.69, 9.17) is 13.1 Å². The third kappa shape index (κ3) is 11.7. The van der Waals surface area contributed by atoms with Crippen LogP contribution >= 0.6 is 0 Å². The van der Waals surface area contributed by atoms with Crippen LogP contribution in [0.15, 0.2) is 382 Å². The molecule has 0 bridgehead atoms. The number of rotatable bonds is 5. The first-order valence-electron chi connectivity index (χ1n) is 42.5. The third-order valence-corrected chi connectivity index (χ3v) is 26.3. The Labute approximate surface area is 725 Å². The van der Waals surface area contributed by atoms with Crippen molar-refractivity contribution in [2.24, 2.45) is 28.2 Å². The third-order valence-electron chi connectivity index (χ3n) is 26.3. The van der Waals surface area contributed by atoms with Crippen LogP contribution in [0.4, 0.5) is 11.4 Å². The van der Waals surface area contributed by atoms with Gasteiger partial charge in [-0.05, 0) is 213 Å². The van der Waals surface area contributed by atoms with Crippen molar-refractivity contribution in [2.75, 3.05) is 0 Å². The predicted octanol–water partition coefficient (Wildman–Crippen LogP) is 30.7. The first kappa shape index (κ1) is 74.1. The number of aryl methyl sites for hydroxylation is 5. The molecule has 0 aliphatic rings. The molecular weight excluding hydrogens is 1530 g/mol. The van der Waals surface area contributed by atoms with Crippen molar-refractivity contribution in [1.29, 1.82) is 5.26 Å². The lowest BCUT2D eigenvalue weighted by atomic mass is 9.92. The highest BCUT2D eigenvalue weighted by atomic mass is 15.0. The van der Waals surface area contributed by atoms with Crippen molar-refractivity contribution >= 4 is 196 Å². The van der Waals surface area contributed by atoms with Gasteiger partial charge in [0.25, 0.3) is 0 Å². The van der Waals surface area contributed by atoms with Crippen molar-refractivity contribution < 1.29 is 0 Å². The van der Waals surface area contributed by atoms with Crippen LogP contribution in [0.5, 0.6) is 0 Å². The standard InChI is InChI=1S/C32H21N3.C32H20N2.C26H17N3.C26H20N2/c1-33-23-14-15-26-27-18-21(12-16-29(27)34(2)32(26)20-23)22-13-17-31-28(19-22)25-10-6-7-11-30(25)35(31)24-8-4-3-5-9-24;1-34-31-15-12-22(18-30(31)28-13-10-20(19-33)16-32(28)34)21-11-14-27-25-8-3-2-6-23(25)24-7-4-5-9-26(24)29(27)17-21;1-27-17-11-13-21-22-16-18(12-14-23(22)28(2)26(21)15-17)29-24-9-5-3-7-19(24)20-8-4-6-10-25(20)29;1-17-11-13-21-22-14-12-18(16-26(22)27(2)25(21)15-17)28-23-9-5-3-7-19(23)20-8-4-6-10-24(20)28/h3-20H,2H3;2-18H,1H3;3-16H,2H3;3-16H,1-2H3. The summed E-state index contributed by atoms with van der Waals surface area (Å²) in [6.07, 6.45) is 0. The first-order valence-corrected chi connectivity index (χ1v) is 42.5. The van der Waals surface area contributed by atoms with Gasteiger partial charge in [-0.1, -0.05) is 237 Å². The molecule has 10 nitrogen and oxygen atoms in total. The Hall–Kier alpha value is -17.0. The number of nitrogens with zero attached hydrogens (tertiary/aromatic N) is 10. The molecule has 0 radical (unpaired) electrons. The van der Waals surface area contributed by atoms with E-state index in [1.165, 1.54) is 208 Å². The molecule has 0 fully saturated rings. The second kappa shape index (κ2) is 29.4. The molecule has 592 valence electrons. The van der Waals surface area contributed by atoms with Gasteiger partial charge in [0.15, 0.2) is 11.4 Å². The zero-order chi connectivity index (χ0) is 84.7. The van der Waals surface area contributed by atoms with Crippen LogP contribution in [0, 0.1) is 31.4 Å². The highest BCUT2D eigenvalue weighted by Crippen LogP contribution is 2.44. The zero-order valence-electron chi connectivity index (χ0n) is 69.8. The van der Waals surface area contributed by atoms with Gasteiger partial charge in [-0.15, -0.1) is 0 Å². The maximum atomic E-state index is 9.32. The van der Waals surface area contributed by atoms with E-state index in [9.17, 15) is 5.26 Å². The van der Waals surface area contributed by atoms with Gasteiger partial charge in [-0.2, -0.15) is 5.26 Å². The number of benzene rings is 19. The molecule has 10 heteroatoms. The molecule has 7 heterocycles. The number of fused-ring (bicyclic) bond motifs is 27. The van der Waals surface area contributed by atoms with Crippen molar-refractivity contribution in [3.63, 3.8) is 0 Å². The molecule has 0 N–H and O–H groups in total. The number of hydrogen-bond donors (Lipinski definition) is 0. The number of nitriles is 1. The Morgan fingerprint density at radius 2 is 0.484 bits per heavy atom. The maximum absolute atomic E-state index is 9.32. The summed E-state index contributed by atoms with van der Waals surface area (Å²) in [7, 11) is 8.37. The van der Waals surface area contributed by atoms with E-state index in [2.05, 4.69) is 429 Å². The normalized spacial score (nSPS) is 11.7. The number of para-hydroxylation sites is 6. The van der Waals surface area contributed by atoms with E-state index in [1.54, 1.807) is 0 Å². The molecule has 26 rings (SSSR count). The van der Waals surface area contributed by atoms with Crippen LogP contribution in [0.2, 0.25) is 0 Å². The quantitative estimate of drug-likeness (QED) is 0.125. The molecule has 0 unspecified atom stereocenters. The van der Waals surface area contributed by atoms with Crippen LogP contribution in [0.25, 0.3) is 234 Å². The van der Waals surface area contributed by atoms with Crippen LogP contribution in [0.1, 0.15) is 11.1 Å². The zero-order valence-corrected chi connectivity index (χ0v) is 69.8. The fourth-order valence-electron chi connectivity index (χ4n) is 20.2. The van der Waals surface area contributed by atoms with Crippen molar-refractivity contribution in [2.45, 2.75) is 6.92 Å². The van der Waals surface area contributed by atoms with E-state index < -0.39 is 0 Å². The van der Waals surface area contributed by atoms with Gasteiger partial charge < -0.3 is 32.0 Å². The highest BCUT2D eigenvalue weighted by Gasteiger charge is 2.21. The highest BCUT2D eigenvalue weighted by molar-refractivity contribution is 6.26. The molecule has 0 aliphatic heterocycles. The van der Waals surface area contributed by atoms with Gasteiger partial charge in [0.05, 0.1) is 68.9 Å². The molecule has 126 heavy (non-hydrogen) atoms. The Balaban J connectivity index is 0.0000000970. The van der Waals surface area contributed by atoms with E-state index in [0.29, 0.717) is 16.9 Å². The average Bonchev–Trinajstić information content (AvgIpc) is 1.38. The summed E-state index contributed by atoms with van der Waals surface area (Å²) in [5, 5.41) is 34.5. The van der Waals surface area contributed by atoms with Gasteiger partial charge in [0.1, 0.15) is 0 Å². The van der Waals surface area contributed by atoms with Crippen molar-refractivity contribution in [3.8, 4) is 45.4 Å². The van der Waals surface area contributed by atoms with Crippen LogP contribution in [0.3, 0.4) is 0 Å². The molecule has 0 spiro atoms. The molecular formula is C116H78N10. The summed E-state index contributed by atoms with van der Waals surface area (Å²) in [6.45, 7) is 16.8. The minimum atomic E-state index is 0.670. The number of hydrogen-bond acceptors (Lipinski definition) is 1. The van der Waals surface area contributed by atoms with Crippen LogP contribution < -0.4 is 0 Å². The summed E-state index contributed by atoms with van der Waals surface area (Å²) < 4.78 is 15.9. The summed E-state index contributed by atoms with van der Waals surface area (Å²) in [5.74, 6) is 0. The minimum Gasteiger partial charge on any atom is -0.345 e. The van der Waals surface area contributed by atoms with Crippen LogP contribution in [-0.4, -0.2) is 32.0 Å². The van der Waals surface area contributed by atoms with Crippen molar-refractivity contribution in [1.82, 2.24) is 32.0 Å². The van der Waals surface area contributed by atoms with Gasteiger partial charge in [-0.3, -0.25) is 0 Å². The first-order chi connectivity index (χ1) is 61.9. The summed E-state index contributed by atoms with van der Waals surface area (Å²) in [6, 6.07) is 138. The Bertz CT molecular complexity index is 9080.